The summed E-state index contributed by atoms with van der Waals surface area (Å²) in [6, 6.07) is 5.15. The summed E-state index contributed by atoms with van der Waals surface area (Å²) in [6.07, 6.45) is 0. The summed E-state index contributed by atoms with van der Waals surface area (Å²) in [5.74, 6) is -1.15. The fourth-order valence-corrected chi connectivity index (χ4v) is 2.04. The maximum absolute atomic E-state index is 11.6. The van der Waals surface area contributed by atoms with Crippen molar-refractivity contribution in [3.05, 3.63) is 18.2 Å². The molecule has 0 aromatic heterocycles. The van der Waals surface area contributed by atoms with Crippen LogP contribution in [0.25, 0.3) is 0 Å². The second-order valence-electron chi connectivity index (χ2n) is 4.17. The van der Waals surface area contributed by atoms with Crippen LogP contribution in [0, 0.1) is 5.92 Å². The first-order valence-electron chi connectivity index (χ1n) is 5.60. The number of carboxylic acid groups (broad SMARTS) is 1. The van der Waals surface area contributed by atoms with E-state index >= 15 is 0 Å². The average molecular weight is 249 g/mol. The third-order valence-corrected chi connectivity index (χ3v) is 3.06. The van der Waals surface area contributed by atoms with Gasteiger partial charge in [-0.1, -0.05) is 0 Å². The second-order valence-corrected chi connectivity index (χ2v) is 4.17. The number of ether oxygens (including phenoxy) is 2. The molecular formula is C12H11NO5. The van der Waals surface area contributed by atoms with Crippen LogP contribution in [0.5, 0.6) is 11.5 Å². The fraction of sp³-hybridized carbons (Fsp3) is 0.333. The largest absolute Gasteiger partial charge is 0.486 e. The smallest absolute Gasteiger partial charge is 0.317 e. The van der Waals surface area contributed by atoms with Gasteiger partial charge in [0.25, 0.3) is 0 Å². The maximum atomic E-state index is 11.6. The van der Waals surface area contributed by atoms with Crippen molar-refractivity contribution in [2.24, 2.45) is 5.92 Å². The Hall–Kier alpha value is -2.24. The SMILES string of the molecule is O=C(O)C1CN(c2ccc3c(c2)OCCO3)C1=O. The van der Waals surface area contributed by atoms with Crippen LogP contribution in [-0.2, 0) is 9.59 Å². The standard InChI is InChI=1S/C12H11NO5/c14-11-8(12(15)16)6-13(11)7-1-2-9-10(5-7)18-4-3-17-9/h1-2,5,8H,3-4,6H2,(H,15,16). The lowest BCUT2D eigenvalue weighted by Crippen LogP contribution is -2.56. The molecule has 1 aromatic rings. The Labute approximate surface area is 103 Å². The highest BCUT2D eigenvalue weighted by Crippen LogP contribution is 2.36. The van der Waals surface area contributed by atoms with Gasteiger partial charge in [-0.2, -0.15) is 0 Å². The number of carbonyl (C=O) groups is 2. The zero-order valence-corrected chi connectivity index (χ0v) is 9.46. The van der Waals surface area contributed by atoms with Crippen LogP contribution < -0.4 is 14.4 Å². The lowest BCUT2D eigenvalue weighted by Gasteiger charge is -2.36. The second kappa shape index (κ2) is 3.90. The van der Waals surface area contributed by atoms with E-state index in [4.69, 9.17) is 14.6 Å². The van der Waals surface area contributed by atoms with Crippen molar-refractivity contribution in [1.82, 2.24) is 0 Å². The number of β-lactam (4-membered cyclic amide) rings is 1. The molecule has 1 fully saturated rings. The van der Waals surface area contributed by atoms with Crippen molar-refractivity contribution in [3.63, 3.8) is 0 Å². The Morgan fingerprint density at radius 1 is 1.28 bits per heavy atom. The maximum Gasteiger partial charge on any atom is 0.317 e. The highest BCUT2D eigenvalue weighted by Gasteiger charge is 2.43. The molecule has 3 rings (SSSR count). The number of aliphatic carboxylic acids is 1. The zero-order chi connectivity index (χ0) is 12.7. The number of hydrogen-bond donors (Lipinski definition) is 1. The molecular weight excluding hydrogens is 238 g/mol. The van der Waals surface area contributed by atoms with E-state index in [1.165, 1.54) is 4.90 Å². The van der Waals surface area contributed by atoms with Gasteiger partial charge in [0.05, 0.1) is 0 Å². The molecule has 6 nitrogen and oxygen atoms in total. The van der Waals surface area contributed by atoms with Crippen molar-refractivity contribution in [3.8, 4) is 11.5 Å². The summed E-state index contributed by atoms with van der Waals surface area (Å²) >= 11 is 0. The molecule has 0 bridgehead atoms. The van der Waals surface area contributed by atoms with Crippen LogP contribution in [0.15, 0.2) is 18.2 Å². The normalized spacial score (nSPS) is 21.4. The predicted molar refractivity (Wildman–Crippen MR) is 60.9 cm³/mol. The van der Waals surface area contributed by atoms with Gasteiger partial charge in [-0.3, -0.25) is 9.59 Å². The Morgan fingerprint density at radius 2 is 2.00 bits per heavy atom. The molecule has 0 radical (unpaired) electrons. The monoisotopic (exact) mass is 249 g/mol. The van der Waals surface area contributed by atoms with E-state index in [1.54, 1.807) is 18.2 Å². The highest BCUT2D eigenvalue weighted by molar-refractivity contribution is 6.12. The summed E-state index contributed by atoms with van der Waals surface area (Å²) in [7, 11) is 0. The van der Waals surface area contributed by atoms with Gasteiger partial charge in [-0.25, -0.2) is 0 Å². The lowest BCUT2D eigenvalue weighted by atomic mass is 9.98. The molecule has 94 valence electrons. The van der Waals surface area contributed by atoms with Gasteiger partial charge in [-0.15, -0.1) is 0 Å². The highest BCUT2D eigenvalue weighted by atomic mass is 16.6. The summed E-state index contributed by atoms with van der Waals surface area (Å²) in [6.45, 7) is 1.19. The molecule has 1 unspecified atom stereocenters. The summed E-state index contributed by atoms with van der Waals surface area (Å²) in [4.78, 5) is 23.8. The molecule has 1 atom stereocenters. The van der Waals surface area contributed by atoms with E-state index in [0.717, 1.165) is 0 Å². The molecule has 1 aromatic carbocycles. The first kappa shape index (κ1) is 10.9. The number of rotatable bonds is 2. The Kier molecular flexibility index (Phi) is 2.36. The molecule has 6 heteroatoms. The van der Waals surface area contributed by atoms with Crippen molar-refractivity contribution >= 4 is 17.6 Å². The molecule has 18 heavy (non-hydrogen) atoms. The van der Waals surface area contributed by atoms with Gasteiger partial charge >= 0.3 is 5.97 Å². The number of anilines is 1. The van der Waals surface area contributed by atoms with Crippen molar-refractivity contribution < 1.29 is 24.2 Å². The molecule has 1 amide bonds. The van der Waals surface area contributed by atoms with Crippen LogP contribution in [0.4, 0.5) is 5.69 Å². The molecule has 2 aliphatic rings. The number of nitrogens with zero attached hydrogens (tertiary/aromatic N) is 1. The molecule has 0 saturated carbocycles. The number of hydrogen-bond acceptors (Lipinski definition) is 4. The van der Waals surface area contributed by atoms with Gasteiger partial charge < -0.3 is 19.5 Å². The molecule has 0 spiro atoms. The Morgan fingerprint density at radius 3 is 2.67 bits per heavy atom. The van der Waals surface area contributed by atoms with Crippen LogP contribution in [0.2, 0.25) is 0 Å². The minimum absolute atomic E-state index is 0.202. The van der Waals surface area contributed by atoms with Crippen molar-refractivity contribution in [2.45, 2.75) is 0 Å². The molecule has 1 N–H and O–H groups in total. The number of carboxylic acids is 1. The quantitative estimate of drug-likeness (QED) is 0.610. The van der Waals surface area contributed by atoms with Crippen LogP contribution in [0.3, 0.4) is 0 Å². The Balaban J connectivity index is 1.82. The van der Waals surface area contributed by atoms with Crippen LogP contribution in [-0.4, -0.2) is 36.7 Å². The number of carbonyl (C=O) groups excluding carboxylic acids is 1. The van der Waals surface area contributed by atoms with Gasteiger partial charge in [0.15, 0.2) is 17.4 Å². The Bertz CT molecular complexity index is 527. The van der Waals surface area contributed by atoms with Crippen LogP contribution >= 0.6 is 0 Å². The molecule has 2 heterocycles. The van der Waals surface area contributed by atoms with E-state index < -0.39 is 11.9 Å². The van der Waals surface area contributed by atoms with Gasteiger partial charge in [0.2, 0.25) is 5.91 Å². The predicted octanol–water partition coefficient (Wildman–Crippen LogP) is 0.505. The fourth-order valence-electron chi connectivity index (χ4n) is 2.04. The van der Waals surface area contributed by atoms with E-state index in [2.05, 4.69) is 0 Å². The van der Waals surface area contributed by atoms with Gasteiger partial charge in [0, 0.05) is 18.3 Å². The van der Waals surface area contributed by atoms with Crippen molar-refractivity contribution in [1.29, 1.82) is 0 Å². The van der Waals surface area contributed by atoms with Crippen LogP contribution in [0.1, 0.15) is 0 Å². The summed E-state index contributed by atoms with van der Waals surface area (Å²) < 4.78 is 10.8. The third-order valence-electron chi connectivity index (χ3n) is 3.06. The van der Waals surface area contributed by atoms with E-state index in [9.17, 15) is 9.59 Å². The number of benzene rings is 1. The van der Waals surface area contributed by atoms with Gasteiger partial charge in [-0.05, 0) is 12.1 Å². The molecule has 2 aliphatic heterocycles. The molecule has 0 aliphatic carbocycles. The minimum Gasteiger partial charge on any atom is -0.486 e. The third kappa shape index (κ3) is 1.57. The van der Waals surface area contributed by atoms with E-state index in [1.807, 2.05) is 0 Å². The first-order chi connectivity index (χ1) is 8.66. The van der Waals surface area contributed by atoms with Crippen molar-refractivity contribution in [2.75, 3.05) is 24.7 Å². The molecule has 1 saturated heterocycles. The first-order valence-corrected chi connectivity index (χ1v) is 5.60. The summed E-state index contributed by atoms with van der Waals surface area (Å²) in [5, 5.41) is 8.77. The zero-order valence-electron chi connectivity index (χ0n) is 9.46. The topological polar surface area (TPSA) is 76.1 Å². The summed E-state index contributed by atoms with van der Waals surface area (Å²) in [5.41, 5.74) is 0.641. The number of fused-ring (bicyclic) bond motifs is 1. The minimum atomic E-state index is -1.08. The average Bonchev–Trinajstić information content (AvgIpc) is 2.36. The lowest BCUT2D eigenvalue weighted by molar-refractivity contribution is -0.149. The van der Waals surface area contributed by atoms with Gasteiger partial charge in [0.1, 0.15) is 13.2 Å². The number of amides is 1. The van der Waals surface area contributed by atoms with E-state index in [0.29, 0.717) is 30.4 Å². The van der Waals surface area contributed by atoms with E-state index in [-0.39, 0.29) is 12.5 Å².